The molecule has 146 valence electrons. The van der Waals surface area contributed by atoms with Crippen LogP contribution in [0.5, 0.6) is 0 Å². The number of nitrogens with one attached hydrogen (secondary N) is 1. The third-order valence-electron chi connectivity index (χ3n) is 5.95. The molecule has 4 rings (SSSR count). The lowest BCUT2D eigenvalue weighted by Crippen LogP contribution is -2.55. The molecule has 2 aliphatic heterocycles. The van der Waals surface area contributed by atoms with Crippen molar-refractivity contribution in [1.29, 1.82) is 0 Å². The Morgan fingerprint density at radius 2 is 1.93 bits per heavy atom. The highest BCUT2D eigenvalue weighted by molar-refractivity contribution is 5.74. The third-order valence-corrected chi connectivity index (χ3v) is 5.95. The van der Waals surface area contributed by atoms with Gasteiger partial charge in [0.05, 0.1) is 12.2 Å². The molecule has 2 aromatic heterocycles. The van der Waals surface area contributed by atoms with Crippen LogP contribution in [0, 0.1) is 6.92 Å². The number of amides is 2. The fourth-order valence-electron chi connectivity index (χ4n) is 4.22. The van der Waals surface area contributed by atoms with Gasteiger partial charge in [-0.1, -0.05) is 6.07 Å². The first-order chi connectivity index (χ1) is 13.1. The summed E-state index contributed by atoms with van der Waals surface area (Å²) in [5.74, 6) is 0. The Kier molecular flexibility index (Phi) is 5.31. The average Bonchev–Trinajstić information content (AvgIpc) is 3.11. The Bertz CT molecular complexity index is 787. The second-order valence-electron chi connectivity index (χ2n) is 7.87. The lowest BCUT2D eigenvalue weighted by molar-refractivity contribution is 0.0748. The van der Waals surface area contributed by atoms with E-state index < -0.39 is 0 Å². The van der Waals surface area contributed by atoms with E-state index in [1.165, 1.54) is 25.9 Å². The Labute approximate surface area is 160 Å². The number of likely N-dealkylation sites (tertiary alicyclic amines) is 1. The van der Waals surface area contributed by atoms with Crippen molar-refractivity contribution in [2.75, 3.05) is 46.3 Å². The van der Waals surface area contributed by atoms with Crippen LogP contribution in [0.25, 0.3) is 5.65 Å². The molecule has 0 atom stereocenters. The zero-order valence-electron chi connectivity index (χ0n) is 16.4. The second-order valence-corrected chi connectivity index (χ2v) is 7.87. The van der Waals surface area contributed by atoms with Gasteiger partial charge < -0.3 is 19.5 Å². The number of pyridine rings is 1. The van der Waals surface area contributed by atoms with Gasteiger partial charge in [-0.2, -0.15) is 0 Å². The number of hydrogen-bond donors (Lipinski definition) is 1. The van der Waals surface area contributed by atoms with Crippen LogP contribution in [0.3, 0.4) is 0 Å². The monoisotopic (exact) mass is 370 g/mol. The molecule has 1 N–H and O–H groups in total. The predicted octanol–water partition coefficient (Wildman–Crippen LogP) is 1.56. The van der Waals surface area contributed by atoms with E-state index in [0.717, 1.165) is 43.1 Å². The molecular formula is C20H30N6O. The molecule has 27 heavy (non-hydrogen) atoms. The Morgan fingerprint density at radius 3 is 2.63 bits per heavy atom. The van der Waals surface area contributed by atoms with Crippen molar-refractivity contribution >= 4 is 11.7 Å². The van der Waals surface area contributed by atoms with E-state index in [-0.39, 0.29) is 6.03 Å². The van der Waals surface area contributed by atoms with Gasteiger partial charge in [-0.05, 0) is 51.5 Å². The largest absolute Gasteiger partial charge is 0.332 e. The number of nitrogens with zero attached hydrogens (tertiary/aromatic N) is 5. The summed E-state index contributed by atoms with van der Waals surface area (Å²) >= 11 is 0. The number of rotatable bonds is 3. The first-order valence-corrected chi connectivity index (χ1v) is 9.99. The van der Waals surface area contributed by atoms with Crippen LogP contribution >= 0.6 is 0 Å². The third kappa shape index (κ3) is 4.09. The van der Waals surface area contributed by atoms with Gasteiger partial charge in [0.25, 0.3) is 0 Å². The number of hydrogen-bond acceptors (Lipinski definition) is 4. The summed E-state index contributed by atoms with van der Waals surface area (Å²) in [4.78, 5) is 24.1. The number of piperidine rings is 1. The lowest BCUT2D eigenvalue weighted by atomic mass is 10.0. The average molecular weight is 371 g/mol. The molecule has 2 aromatic rings. The first kappa shape index (κ1) is 18.3. The van der Waals surface area contributed by atoms with Crippen molar-refractivity contribution in [3.8, 4) is 0 Å². The van der Waals surface area contributed by atoms with Crippen molar-refractivity contribution in [2.45, 2.75) is 32.4 Å². The lowest BCUT2D eigenvalue weighted by Gasteiger charge is -2.42. The van der Waals surface area contributed by atoms with Crippen molar-refractivity contribution in [3.05, 3.63) is 35.8 Å². The summed E-state index contributed by atoms with van der Waals surface area (Å²) in [7, 11) is 2.20. The fraction of sp³-hybridized carbons (Fsp3) is 0.600. The molecule has 0 saturated carbocycles. The molecule has 7 heteroatoms. The van der Waals surface area contributed by atoms with Crippen LogP contribution in [0.1, 0.15) is 24.1 Å². The number of carbonyl (C=O) groups is 1. The smallest absolute Gasteiger partial charge is 0.317 e. The SMILES string of the molecule is Cc1cccn2cc(CNC(=O)N3CCN(C4CCN(C)CC4)CC3)nc12. The zero-order valence-corrected chi connectivity index (χ0v) is 16.4. The molecule has 2 amide bonds. The van der Waals surface area contributed by atoms with Gasteiger partial charge in [-0.25, -0.2) is 9.78 Å². The van der Waals surface area contributed by atoms with Crippen molar-refractivity contribution in [2.24, 2.45) is 0 Å². The molecule has 0 bridgehead atoms. The molecule has 0 aliphatic carbocycles. The predicted molar refractivity (Wildman–Crippen MR) is 106 cm³/mol. The summed E-state index contributed by atoms with van der Waals surface area (Å²) < 4.78 is 2.01. The molecule has 2 saturated heterocycles. The highest BCUT2D eigenvalue weighted by Gasteiger charge is 2.28. The van der Waals surface area contributed by atoms with Crippen molar-refractivity contribution in [3.63, 3.8) is 0 Å². The van der Waals surface area contributed by atoms with Crippen LogP contribution in [0.2, 0.25) is 0 Å². The van der Waals surface area contributed by atoms with E-state index in [4.69, 9.17) is 0 Å². The molecule has 0 spiro atoms. The maximum absolute atomic E-state index is 12.5. The molecule has 4 heterocycles. The van der Waals surface area contributed by atoms with Crippen LogP contribution in [-0.4, -0.2) is 82.5 Å². The van der Waals surface area contributed by atoms with Crippen LogP contribution in [-0.2, 0) is 6.54 Å². The van der Waals surface area contributed by atoms with Gasteiger partial charge in [0.15, 0.2) is 0 Å². The molecule has 7 nitrogen and oxygen atoms in total. The molecule has 0 aromatic carbocycles. The van der Waals surface area contributed by atoms with E-state index in [1.54, 1.807) is 0 Å². The van der Waals surface area contributed by atoms with Gasteiger partial charge >= 0.3 is 6.03 Å². The number of aromatic nitrogens is 2. The Balaban J connectivity index is 1.26. The Hall–Kier alpha value is -2.12. The minimum atomic E-state index is 0.0202. The minimum absolute atomic E-state index is 0.0202. The quantitative estimate of drug-likeness (QED) is 0.891. The highest BCUT2D eigenvalue weighted by Crippen LogP contribution is 2.17. The van der Waals surface area contributed by atoms with Crippen LogP contribution < -0.4 is 5.32 Å². The molecule has 2 fully saturated rings. The van der Waals surface area contributed by atoms with E-state index in [9.17, 15) is 4.79 Å². The van der Waals surface area contributed by atoms with Gasteiger partial charge in [0.1, 0.15) is 5.65 Å². The Morgan fingerprint density at radius 1 is 1.19 bits per heavy atom. The normalized spacial score (nSPS) is 20.3. The zero-order chi connectivity index (χ0) is 18.8. The maximum atomic E-state index is 12.5. The summed E-state index contributed by atoms with van der Waals surface area (Å²) in [6.07, 6.45) is 6.47. The maximum Gasteiger partial charge on any atom is 0.317 e. The molecular weight excluding hydrogens is 340 g/mol. The van der Waals surface area contributed by atoms with E-state index in [1.807, 2.05) is 27.8 Å². The first-order valence-electron chi connectivity index (χ1n) is 9.99. The number of carbonyl (C=O) groups excluding carboxylic acids is 1. The van der Waals surface area contributed by atoms with Crippen LogP contribution in [0.15, 0.2) is 24.5 Å². The standard InChI is InChI=1S/C20H30N6O/c1-16-4-3-7-26-15-17(22-19(16)26)14-21-20(27)25-12-10-24(11-13-25)18-5-8-23(2)9-6-18/h3-4,7,15,18H,5-6,8-14H2,1-2H3,(H,21,27). The number of piperazine rings is 1. The summed E-state index contributed by atoms with van der Waals surface area (Å²) in [6.45, 7) is 8.47. The van der Waals surface area contributed by atoms with E-state index in [0.29, 0.717) is 12.6 Å². The summed E-state index contributed by atoms with van der Waals surface area (Å²) in [5.41, 5.74) is 2.98. The number of aryl methyl sites for hydroxylation is 1. The van der Waals surface area contributed by atoms with Crippen molar-refractivity contribution in [1.82, 2.24) is 29.4 Å². The van der Waals surface area contributed by atoms with Gasteiger partial charge in [-0.15, -0.1) is 0 Å². The van der Waals surface area contributed by atoms with Crippen LogP contribution in [0.4, 0.5) is 4.79 Å². The van der Waals surface area contributed by atoms with Gasteiger partial charge in [0.2, 0.25) is 0 Å². The van der Waals surface area contributed by atoms with Gasteiger partial charge in [0, 0.05) is 44.6 Å². The van der Waals surface area contributed by atoms with E-state index >= 15 is 0 Å². The fourth-order valence-corrected chi connectivity index (χ4v) is 4.22. The number of urea groups is 1. The topological polar surface area (TPSA) is 56.1 Å². The second kappa shape index (κ2) is 7.86. The molecule has 0 radical (unpaired) electrons. The molecule has 0 unspecified atom stereocenters. The number of fused-ring (bicyclic) bond motifs is 1. The summed E-state index contributed by atoms with van der Waals surface area (Å²) in [5, 5.41) is 3.04. The highest BCUT2D eigenvalue weighted by atomic mass is 16.2. The minimum Gasteiger partial charge on any atom is -0.332 e. The number of imidazole rings is 1. The van der Waals surface area contributed by atoms with Gasteiger partial charge in [-0.3, -0.25) is 4.90 Å². The molecule has 2 aliphatic rings. The summed E-state index contributed by atoms with van der Waals surface area (Å²) in [6, 6.07) is 4.77. The van der Waals surface area contributed by atoms with Crippen molar-refractivity contribution < 1.29 is 4.79 Å². The van der Waals surface area contributed by atoms with E-state index in [2.05, 4.69) is 40.1 Å².